The Morgan fingerprint density at radius 2 is 1.96 bits per heavy atom. The third-order valence-electron chi connectivity index (χ3n) is 4.14. The Morgan fingerprint density at radius 3 is 2.58 bits per heavy atom. The summed E-state index contributed by atoms with van der Waals surface area (Å²) in [6.45, 7) is 1.64. The van der Waals surface area contributed by atoms with E-state index in [9.17, 15) is 13.9 Å². The number of nitrogens with zero attached hydrogens (tertiary/aromatic N) is 3. The van der Waals surface area contributed by atoms with Gasteiger partial charge in [0.2, 0.25) is 0 Å². The zero-order valence-electron chi connectivity index (χ0n) is 13.9. The summed E-state index contributed by atoms with van der Waals surface area (Å²) in [6, 6.07) is 10.6. The number of rotatable bonds is 5. The highest BCUT2D eigenvalue weighted by Crippen LogP contribution is 2.34. The molecule has 134 valence electrons. The zero-order valence-corrected chi connectivity index (χ0v) is 15.5. The van der Waals surface area contributed by atoms with Crippen LogP contribution in [0, 0.1) is 11.6 Å². The van der Waals surface area contributed by atoms with E-state index in [1.807, 2.05) is 24.3 Å². The third kappa shape index (κ3) is 3.89. The summed E-state index contributed by atoms with van der Waals surface area (Å²) in [5.74, 6) is -1.53. The summed E-state index contributed by atoms with van der Waals surface area (Å²) >= 11 is 3.37. The maximum atomic E-state index is 14.4. The molecular weight excluding hydrogens is 404 g/mol. The van der Waals surface area contributed by atoms with Crippen molar-refractivity contribution in [3.63, 3.8) is 0 Å². The zero-order chi connectivity index (χ0) is 18.7. The smallest absolute Gasteiger partial charge is 0.137 e. The highest BCUT2D eigenvalue weighted by Gasteiger charge is 2.35. The van der Waals surface area contributed by atoms with Crippen LogP contribution in [-0.2, 0) is 12.1 Å². The quantitative estimate of drug-likeness (QED) is 0.670. The lowest BCUT2D eigenvalue weighted by Gasteiger charge is -2.30. The van der Waals surface area contributed by atoms with Crippen LogP contribution in [0.3, 0.4) is 0 Å². The molecule has 7 heteroatoms. The van der Waals surface area contributed by atoms with Crippen LogP contribution in [0.5, 0.6) is 0 Å². The first-order valence-corrected chi connectivity index (χ1v) is 8.62. The molecular formula is C19H16BrF2N3O. The lowest BCUT2D eigenvalue weighted by molar-refractivity contribution is 0.0502. The number of benzene rings is 2. The fraction of sp³-hybridized carbons (Fsp3) is 0.158. The number of aromatic nitrogens is 3. The summed E-state index contributed by atoms with van der Waals surface area (Å²) in [4.78, 5) is 3.85. The fourth-order valence-corrected chi connectivity index (χ4v) is 2.99. The van der Waals surface area contributed by atoms with E-state index in [1.54, 1.807) is 13.0 Å². The topological polar surface area (TPSA) is 50.9 Å². The largest absolute Gasteiger partial charge is 0.379 e. The second kappa shape index (κ2) is 7.47. The SMILES string of the molecule is C/C(=C\c1ccc(Br)cc1)C(O)(Cn1cncn1)c1ccc(F)cc1F. The molecule has 0 radical (unpaired) electrons. The van der Waals surface area contributed by atoms with E-state index >= 15 is 0 Å². The lowest BCUT2D eigenvalue weighted by atomic mass is 9.85. The minimum atomic E-state index is -1.72. The van der Waals surface area contributed by atoms with Gasteiger partial charge in [-0.25, -0.2) is 18.4 Å². The summed E-state index contributed by atoms with van der Waals surface area (Å²) in [7, 11) is 0. The van der Waals surface area contributed by atoms with Gasteiger partial charge in [-0.1, -0.05) is 34.1 Å². The Kier molecular flexibility index (Phi) is 5.29. The summed E-state index contributed by atoms with van der Waals surface area (Å²) in [5.41, 5.74) is -0.426. The molecule has 0 aliphatic rings. The first-order valence-electron chi connectivity index (χ1n) is 7.83. The van der Waals surface area contributed by atoms with Gasteiger partial charge in [-0.15, -0.1) is 0 Å². The third-order valence-corrected chi connectivity index (χ3v) is 4.67. The van der Waals surface area contributed by atoms with Crippen molar-refractivity contribution in [2.24, 2.45) is 0 Å². The van der Waals surface area contributed by atoms with Crippen molar-refractivity contribution in [2.45, 2.75) is 19.1 Å². The maximum absolute atomic E-state index is 14.4. The van der Waals surface area contributed by atoms with Crippen molar-refractivity contribution < 1.29 is 13.9 Å². The molecule has 1 unspecified atom stereocenters. The van der Waals surface area contributed by atoms with Gasteiger partial charge in [0.05, 0.1) is 6.54 Å². The molecule has 26 heavy (non-hydrogen) atoms. The average molecular weight is 420 g/mol. The van der Waals surface area contributed by atoms with E-state index in [0.717, 1.165) is 22.2 Å². The summed E-state index contributed by atoms with van der Waals surface area (Å²) in [6.07, 6.45) is 4.51. The van der Waals surface area contributed by atoms with Crippen LogP contribution in [0.2, 0.25) is 0 Å². The van der Waals surface area contributed by atoms with Crippen LogP contribution in [0.1, 0.15) is 18.1 Å². The Labute approximate surface area is 158 Å². The number of halogens is 3. The van der Waals surface area contributed by atoms with Gasteiger partial charge in [-0.3, -0.25) is 0 Å². The minimum Gasteiger partial charge on any atom is -0.379 e. The van der Waals surface area contributed by atoms with Crippen molar-refractivity contribution in [3.05, 3.63) is 87.9 Å². The summed E-state index contributed by atoms with van der Waals surface area (Å²) < 4.78 is 30.1. The van der Waals surface area contributed by atoms with Crippen LogP contribution in [0.4, 0.5) is 8.78 Å². The van der Waals surface area contributed by atoms with Crippen molar-refractivity contribution in [2.75, 3.05) is 0 Å². The van der Waals surface area contributed by atoms with Crippen LogP contribution in [0.25, 0.3) is 6.08 Å². The molecule has 0 saturated heterocycles. The van der Waals surface area contributed by atoms with Crippen LogP contribution in [0.15, 0.2) is 65.2 Å². The van der Waals surface area contributed by atoms with Gasteiger partial charge < -0.3 is 5.11 Å². The Bertz CT molecular complexity index is 926. The van der Waals surface area contributed by atoms with Crippen molar-refractivity contribution in [1.29, 1.82) is 0 Å². The van der Waals surface area contributed by atoms with Gasteiger partial charge in [-0.2, -0.15) is 5.10 Å². The normalized spacial score (nSPS) is 14.3. The highest BCUT2D eigenvalue weighted by molar-refractivity contribution is 9.10. The molecule has 0 bridgehead atoms. The molecule has 1 heterocycles. The maximum Gasteiger partial charge on any atom is 0.137 e. The molecule has 0 aliphatic carbocycles. The predicted molar refractivity (Wildman–Crippen MR) is 98.1 cm³/mol. The molecule has 3 rings (SSSR count). The molecule has 3 aromatic rings. The standard InChI is InChI=1S/C19H16BrF2N3O/c1-13(8-14-2-4-15(20)5-3-14)19(26,10-25-12-23-11-24-25)17-7-6-16(21)9-18(17)22/h2-9,11-12,26H,10H2,1H3/b13-8+. The van der Waals surface area contributed by atoms with Crippen LogP contribution < -0.4 is 0 Å². The first-order chi connectivity index (χ1) is 12.4. The molecule has 0 saturated carbocycles. The Balaban J connectivity index is 2.08. The van der Waals surface area contributed by atoms with Gasteiger partial charge in [0.25, 0.3) is 0 Å². The molecule has 1 atom stereocenters. The Morgan fingerprint density at radius 1 is 1.23 bits per heavy atom. The fourth-order valence-electron chi connectivity index (χ4n) is 2.72. The van der Waals surface area contributed by atoms with E-state index in [4.69, 9.17) is 0 Å². The van der Waals surface area contributed by atoms with Gasteiger partial charge in [-0.05, 0) is 42.3 Å². The Hall–Kier alpha value is -2.38. The van der Waals surface area contributed by atoms with Gasteiger partial charge in [0.1, 0.15) is 29.9 Å². The van der Waals surface area contributed by atoms with E-state index in [0.29, 0.717) is 5.57 Å². The monoisotopic (exact) mass is 419 g/mol. The molecule has 4 nitrogen and oxygen atoms in total. The molecule has 0 aliphatic heterocycles. The van der Waals surface area contributed by atoms with Gasteiger partial charge in [0.15, 0.2) is 0 Å². The van der Waals surface area contributed by atoms with Crippen LogP contribution in [-0.4, -0.2) is 19.9 Å². The van der Waals surface area contributed by atoms with Crippen molar-refractivity contribution >= 4 is 22.0 Å². The van der Waals surface area contributed by atoms with Crippen molar-refractivity contribution in [1.82, 2.24) is 14.8 Å². The van der Waals surface area contributed by atoms with E-state index in [2.05, 4.69) is 26.0 Å². The van der Waals surface area contributed by atoms with E-state index in [-0.39, 0.29) is 12.1 Å². The molecule has 1 N–H and O–H groups in total. The summed E-state index contributed by atoms with van der Waals surface area (Å²) in [5, 5.41) is 15.4. The van der Waals surface area contributed by atoms with Gasteiger partial charge in [0, 0.05) is 16.1 Å². The predicted octanol–water partition coefficient (Wildman–Crippen LogP) is 4.31. The number of hydrogen-bond donors (Lipinski definition) is 1. The molecule has 2 aromatic carbocycles. The van der Waals surface area contributed by atoms with E-state index in [1.165, 1.54) is 23.4 Å². The second-order valence-electron chi connectivity index (χ2n) is 5.96. The molecule has 0 spiro atoms. The number of aliphatic hydroxyl groups is 1. The van der Waals surface area contributed by atoms with Gasteiger partial charge >= 0.3 is 0 Å². The van der Waals surface area contributed by atoms with Crippen LogP contribution >= 0.6 is 15.9 Å². The first kappa shape index (κ1) is 18.4. The molecule has 0 amide bonds. The van der Waals surface area contributed by atoms with Crippen molar-refractivity contribution in [3.8, 4) is 0 Å². The number of hydrogen-bond acceptors (Lipinski definition) is 3. The highest BCUT2D eigenvalue weighted by atomic mass is 79.9. The second-order valence-corrected chi connectivity index (χ2v) is 6.87. The molecule has 1 aromatic heterocycles. The lowest BCUT2D eigenvalue weighted by Crippen LogP contribution is -2.34. The molecule has 0 fully saturated rings. The van der Waals surface area contributed by atoms with E-state index < -0.39 is 17.2 Å². The minimum absolute atomic E-state index is 0.0275. The average Bonchev–Trinajstić information content (AvgIpc) is 3.09.